The van der Waals surface area contributed by atoms with Crippen molar-refractivity contribution in [3.05, 3.63) is 90.6 Å². The maximum Gasteiger partial charge on any atom is 0.277 e. The minimum Gasteiger partial charge on any atom is -0.497 e. The fourth-order valence-corrected chi connectivity index (χ4v) is 3.37. The zero-order valence-corrected chi connectivity index (χ0v) is 20.3. The van der Waals surface area contributed by atoms with Gasteiger partial charge in [-0.3, -0.25) is 4.79 Å². The van der Waals surface area contributed by atoms with Crippen LogP contribution in [0.15, 0.2) is 90.2 Å². The standard InChI is InChI=1S/C28H28N4O4/c1-3-17-35-25-11-9-21(10-12-25)28-22(19-32(31-28)23-7-5-4-6-8-23)18-29-30-27(33)20-36-26-15-13-24(34-2)14-16-26/h4-16,18-19H,3,17,20H2,1-2H3,(H,30,33)/b29-18-. The number of carbonyl (C=O) groups is 1. The van der Waals surface area contributed by atoms with Crippen LogP contribution in [0.2, 0.25) is 0 Å². The molecule has 0 aliphatic heterocycles. The number of hydrogen-bond acceptors (Lipinski definition) is 6. The maximum absolute atomic E-state index is 12.2. The third-order valence-electron chi connectivity index (χ3n) is 5.19. The molecule has 0 spiro atoms. The van der Waals surface area contributed by atoms with E-state index in [0.29, 0.717) is 18.1 Å². The van der Waals surface area contributed by atoms with Crippen LogP contribution < -0.4 is 19.6 Å². The molecule has 0 aliphatic carbocycles. The number of amides is 1. The minimum absolute atomic E-state index is 0.168. The van der Waals surface area contributed by atoms with Crippen molar-refractivity contribution < 1.29 is 19.0 Å². The van der Waals surface area contributed by atoms with Crippen molar-refractivity contribution in [2.75, 3.05) is 20.3 Å². The topological polar surface area (TPSA) is 87.0 Å². The predicted octanol–water partition coefficient (Wildman–Crippen LogP) is 4.87. The molecule has 0 fully saturated rings. The van der Waals surface area contributed by atoms with Crippen LogP contribution in [0.25, 0.3) is 16.9 Å². The summed E-state index contributed by atoms with van der Waals surface area (Å²) in [5, 5.41) is 8.90. The van der Waals surface area contributed by atoms with Gasteiger partial charge in [0.05, 0.1) is 25.6 Å². The molecule has 0 aliphatic rings. The second-order valence-electron chi connectivity index (χ2n) is 7.84. The highest BCUT2D eigenvalue weighted by atomic mass is 16.5. The summed E-state index contributed by atoms with van der Waals surface area (Å²) in [5.74, 6) is 1.71. The fraction of sp³-hybridized carbons (Fsp3) is 0.179. The number of aromatic nitrogens is 2. The van der Waals surface area contributed by atoms with Gasteiger partial charge in [-0.1, -0.05) is 25.1 Å². The van der Waals surface area contributed by atoms with Crippen molar-refractivity contribution in [2.45, 2.75) is 13.3 Å². The van der Waals surface area contributed by atoms with Crippen molar-refractivity contribution >= 4 is 12.1 Å². The van der Waals surface area contributed by atoms with Crippen molar-refractivity contribution in [2.24, 2.45) is 5.10 Å². The van der Waals surface area contributed by atoms with Crippen molar-refractivity contribution in [3.63, 3.8) is 0 Å². The van der Waals surface area contributed by atoms with Crippen LogP contribution in [0, 0.1) is 0 Å². The molecule has 0 radical (unpaired) electrons. The quantitative estimate of drug-likeness (QED) is 0.243. The molecule has 1 N–H and O–H groups in total. The van der Waals surface area contributed by atoms with Gasteiger partial charge in [-0.15, -0.1) is 0 Å². The summed E-state index contributed by atoms with van der Waals surface area (Å²) in [6.07, 6.45) is 4.39. The molecule has 1 aromatic heterocycles. The van der Waals surface area contributed by atoms with E-state index in [4.69, 9.17) is 19.3 Å². The highest BCUT2D eigenvalue weighted by molar-refractivity contribution is 5.89. The van der Waals surface area contributed by atoms with Crippen LogP contribution in [-0.4, -0.2) is 42.2 Å². The summed E-state index contributed by atoms with van der Waals surface area (Å²) in [4.78, 5) is 12.2. The van der Waals surface area contributed by atoms with Crippen molar-refractivity contribution in [1.82, 2.24) is 15.2 Å². The van der Waals surface area contributed by atoms with E-state index in [9.17, 15) is 4.79 Å². The molecule has 8 heteroatoms. The van der Waals surface area contributed by atoms with E-state index in [-0.39, 0.29) is 12.5 Å². The largest absolute Gasteiger partial charge is 0.497 e. The van der Waals surface area contributed by atoms with Crippen LogP contribution in [0.5, 0.6) is 17.2 Å². The molecule has 4 rings (SSSR count). The Bertz CT molecular complexity index is 1280. The van der Waals surface area contributed by atoms with Crippen LogP contribution in [0.3, 0.4) is 0 Å². The van der Waals surface area contributed by atoms with Gasteiger partial charge in [-0.25, -0.2) is 10.1 Å². The lowest BCUT2D eigenvalue weighted by atomic mass is 10.1. The van der Waals surface area contributed by atoms with E-state index in [0.717, 1.165) is 34.7 Å². The molecule has 0 saturated carbocycles. The number of methoxy groups -OCH3 is 1. The highest BCUT2D eigenvalue weighted by Crippen LogP contribution is 2.25. The normalized spacial score (nSPS) is 10.8. The first-order chi connectivity index (χ1) is 17.7. The van der Waals surface area contributed by atoms with E-state index in [1.165, 1.54) is 0 Å². The number of hydrazone groups is 1. The third-order valence-corrected chi connectivity index (χ3v) is 5.19. The number of benzene rings is 3. The highest BCUT2D eigenvalue weighted by Gasteiger charge is 2.12. The van der Waals surface area contributed by atoms with Crippen LogP contribution in [-0.2, 0) is 4.79 Å². The van der Waals surface area contributed by atoms with Gasteiger partial charge in [0.25, 0.3) is 5.91 Å². The fourth-order valence-electron chi connectivity index (χ4n) is 3.37. The summed E-state index contributed by atoms with van der Waals surface area (Å²) < 4.78 is 18.1. The molecule has 4 aromatic rings. The summed E-state index contributed by atoms with van der Waals surface area (Å²) in [6.45, 7) is 2.57. The Morgan fingerprint density at radius 2 is 1.61 bits per heavy atom. The molecule has 0 atom stereocenters. The molecule has 0 unspecified atom stereocenters. The van der Waals surface area contributed by atoms with Gasteiger partial charge in [0.15, 0.2) is 6.61 Å². The first kappa shape index (κ1) is 24.5. The summed E-state index contributed by atoms with van der Waals surface area (Å²) in [5.41, 5.74) is 5.81. The number of carbonyl (C=O) groups excluding carboxylic acids is 1. The number of hydrogen-bond donors (Lipinski definition) is 1. The average molecular weight is 485 g/mol. The molecular formula is C28H28N4O4. The monoisotopic (exact) mass is 484 g/mol. The number of nitrogens with zero attached hydrogens (tertiary/aromatic N) is 3. The van der Waals surface area contributed by atoms with Gasteiger partial charge in [0, 0.05) is 17.3 Å². The maximum atomic E-state index is 12.2. The number of rotatable bonds is 11. The lowest BCUT2D eigenvalue weighted by Crippen LogP contribution is -2.24. The van der Waals surface area contributed by atoms with E-state index < -0.39 is 0 Å². The summed E-state index contributed by atoms with van der Waals surface area (Å²) in [7, 11) is 1.59. The van der Waals surface area contributed by atoms with Gasteiger partial charge in [0.1, 0.15) is 22.9 Å². The van der Waals surface area contributed by atoms with E-state index in [1.807, 2.05) is 60.8 Å². The lowest BCUT2D eigenvalue weighted by molar-refractivity contribution is -0.123. The molecule has 8 nitrogen and oxygen atoms in total. The van der Waals surface area contributed by atoms with Gasteiger partial charge in [-0.05, 0) is 67.1 Å². The molecule has 0 saturated heterocycles. The second-order valence-corrected chi connectivity index (χ2v) is 7.84. The Morgan fingerprint density at radius 1 is 0.944 bits per heavy atom. The third kappa shape index (κ3) is 6.50. The zero-order chi connectivity index (χ0) is 25.2. The zero-order valence-electron chi connectivity index (χ0n) is 20.3. The first-order valence-corrected chi connectivity index (χ1v) is 11.6. The number of nitrogens with one attached hydrogen (secondary N) is 1. The molecule has 1 amide bonds. The Kier molecular flexibility index (Phi) is 8.32. The van der Waals surface area contributed by atoms with Crippen LogP contribution in [0.4, 0.5) is 0 Å². The molecule has 36 heavy (non-hydrogen) atoms. The van der Waals surface area contributed by atoms with E-state index in [2.05, 4.69) is 17.5 Å². The second kappa shape index (κ2) is 12.2. The Balaban J connectivity index is 1.47. The van der Waals surface area contributed by atoms with Crippen LogP contribution >= 0.6 is 0 Å². The van der Waals surface area contributed by atoms with Gasteiger partial charge < -0.3 is 14.2 Å². The molecule has 184 valence electrons. The molecular weight excluding hydrogens is 456 g/mol. The van der Waals surface area contributed by atoms with Gasteiger partial charge in [0.2, 0.25) is 0 Å². The van der Waals surface area contributed by atoms with Crippen LogP contribution in [0.1, 0.15) is 18.9 Å². The van der Waals surface area contributed by atoms with Gasteiger partial charge >= 0.3 is 0 Å². The van der Waals surface area contributed by atoms with Crippen molar-refractivity contribution in [3.8, 4) is 34.2 Å². The molecule has 3 aromatic carbocycles. The van der Waals surface area contributed by atoms with E-state index in [1.54, 1.807) is 42.3 Å². The lowest BCUT2D eigenvalue weighted by Gasteiger charge is -2.06. The summed E-state index contributed by atoms with van der Waals surface area (Å²) >= 11 is 0. The minimum atomic E-state index is -0.378. The molecule has 0 bridgehead atoms. The Hall–Kier alpha value is -4.59. The SMILES string of the molecule is CCCOc1ccc(-c2nn(-c3ccccc3)cc2/C=N\NC(=O)COc2ccc(OC)cc2)cc1. The Morgan fingerprint density at radius 3 is 2.31 bits per heavy atom. The smallest absolute Gasteiger partial charge is 0.277 e. The summed E-state index contributed by atoms with van der Waals surface area (Å²) in [6, 6.07) is 24.6. The average Bonchev–Trinajstić information content (AvgIpc) is 3.36. The Labute approximate surface area is 210 Å². The predicted molar refractivity (Wildman–Crippen MR) is 139 cm³/mol. The number of para-hydroxylation sites is 1. The first-order valence-electron chi connectivity index (χ1n) is 11.6. The number of ether oxygens (including phenoxy) is 3. The van der Waals surface area contributed by atoms with Crippen molar-refractivity contribution in [1.29, 1.82) is 0 Å². The molecule has 1 heterocycles. The van der Waals surface area contributed by atoms with E-state index >= 15 is 0 Å². The van der Waals surface area contributed by atoms with Gasteiger partial charge in [-0.2, -0.15) is 10.2 Å².